The van der Waals surface area contributed by atoms with E-state index in [2.05, 4.69) is 4.98 Å². The Bertz CT molecular complexity index is 611. The van der Waals surface area contributed by atoms with Gasteiger partial charge in [0.2, 0.25) is 0 Å². The SMILES string of the molecule is O=C(c1cccnc1)N(Cc1ccccc1)[C@H](CO)C1CC1. The van der Waals surface area contributed by atoms with Gasteiger partial charge in [0.15, 0.2) is 0 Å². The van der Waals surface area contributed by atoms with E-state index in [1.807, 2.05) is 30.3 Å². The van der Waals surface area contributed by atoms with Gasteiger partial charge in [0, 0.05) is 18.9 Å². The number of hydrogen-bond donors (Lipinski definition) is 1. The van der Waals surface area contributed by atoms with Crippen LogP contribution < -0.4 is 0 Å². The van der Waals surface area contributed by atoms with E-state index < -0.39 is 0 Å². The summed E-state index contributed by atoms with van der Waals surface area (Å²) in [7, 11) is 0. The molecule has 0 unspecified atom stereocenters. The van der Waals surface area contributed by atoms with Crippen LogP contribution >= 0.6 is 0 Å². The number of benzene rings is 1. The van der Waals surface area contributed by atoms with Crippen LogP contribution in [-0.2, 0) is 6.54 Å². The standard InChI is InChI=1S/C18H20N2O2/c21-13-17(15-8-9-15)20(12-14-5-2-1-3-6-14)18(22)16-7-4-10-19-11-16/h1-7,10-11,15,17,21H,8-9,12-13H2/t17-/m1/s1. The van der Waals surface area contributed by atoms with Gasteiger partial charge < -0.3 is 10.0 Å². The van der Waals surface area contributed by atoms with Gasteiger partial charge >= 0.3 is 0 Å². The first-order valence-corrected chi connectivity index (χ1v) is 7.65. The Kier molecular flexibility index (Phi) is 4.49. The minimum Gasteiger partial charge on any atom is -0.394 e. The summed E-state index contributed by atoms with van der Waals surface area (Å²) in [4.78, 5) is 18.7. The summed E-state index contributed by atoms with van der Waals surface area (Å²) >= 11 is 0. The highest BCUT2D eigenvalue weighted by atomic mass is 16.3. The fourth-order valence-electron chi connectivity index (χ4n) is 2.76. The monoisotopic (exact) mass is 296 g/mol. The van der Waals surface area contributed by atoms with Crippen LogP contribution in [0.4, 0.5) is 0 Å². The van der Waals surface area contributed by atoms with Crippen molar-refractivity contribution >= 4 is 5.91 Å². The lowest BCUT2D eigenvalue weighted by Crippen LogP contribution is -2.43. The average molecular weight is 296 g/mol. The second-order valence-electron chi connectivity index (χ2n) is 5.75. The van der Waals surface area contributed by atoms with E-state index in [1.165, 1.54) is 0 Å². The number of aromatic nitrogens is 1. The highest BCUT2D eigenvalue weighted by Gasteiger charge is 2.37. The van der Waals surface area contributed by atoms with Gasteiger partial charge in [0.25, 0.3) is 5.91 Å². The predicted octanol–water partition coefficient (Wildman–Crippen LogP) is 2.49. The van der Waals surface area contributed by atoms with Gasteiger partial charge in [0.05, 0.1) is 18.2 Å². The number of carbonyl (C=O) groups excluding carboxylic acids is 1. The van der Waals surface area contributed by atoms with Crippen molar-refractivity contribution in [1.29, 1.82) is 0 Å². The maximum Gasteiger partial charge on any atom is 0.256 e. The van der Waals surface area contributed by atoms with Gasteiger partial charge in [-0.25, -0.2) is 0 Å². The minimum atomic E-state index is -0.118. The number of aliphatic hydroxyl groups is 1. The molecule has 1 aromatic carbocycles. The number of carbonyl (C=O) groups is 1. The number of amides is 1. The number of pyridine rings is 1. The van der Waals surface area contributed by atoms with Gasteiger partial charge in [-0.2, -0.15) is 0 Å². The predicted molar refractivity (Wildman–Crippen MR) is 84.2 cm³/mol. The van der Waals surface area contributed by atoms with Gasteiger partial charge in [-0.1, -0.05) is 30.3 Å². The quantitative estimate of drug-likeness (QED) is 0.891. The number of rotatable bonds is 6. The van der Waals surface area contributed by atoms with Crippen molar-refractivity contribution in [2.24, 2.45) is 5.92 Å². The van der Waals surface area contributed by atoms with E-state index in [1.54, 1.807) is 29.4 Å². The van der Waals surface area contributed by atoms with Crippen LogP contribution in [0.25, 0.3) is 0 Å². The Morgan fingerprint density at radius 2 is 2.00 bits per heavy atom. The second kappa shape index (κ2) is 6.71. The highest BCUT2D eigenvalue weighted by Crippen LogP contribution is 2.36. The fourth-order valence-corrected chi connectivity index (χ4v) is 2.76. The summed E-state index contributed by atoms with van der Waals surface area (Å²) in [6, 6.07) is 13.3. The zero-order chi connectivity index (χ0) is 15.4. The molecule has 0 saturated heterocycles. The zero-order valence-electron chi connectivity index (χ0n) is 12.4. The van der Waals surface area contributed by atoms with Crippen LogP contribution in [0.2, 0.25) is 0 Å². The van der Waals surface area contributed by atoms with Crippen molar-refractivity contribution in [3.63, 3.8) is 0 Å². The van der Waals surface area contributed by atoms with Gasteiger partial charge in [-0.05, 0) is 36.5 Å². The summed E-state index contributed by atoms with van der Waals surface area (Å²) in [5.74, 6) is 0.345. The molecule has 1 saturated carbocycles. The van der Waals surface area contributed by atoms with E-state index >= 15 is 0 Å². The summed E-state index contributed by atoms with van der Waals surface area (Å²) in [5.41, 5.74) is 1.64. The molecule has 0 aliphatic heterocycles. The van der Waals surface area contributed by atoms with Crippen molar-refractivity contribution in [2.75, 3.05) is 6.61 Å². The summed E-state index contributed by atoms with van der Waals surface area (Å²) in [5, 5.41) is 9.77. The Morgan fingerprint density at radius 3 is 2.59 bits per heavy atom. The molecule has 3 rings (SSSR count). The Hall–Kier alpha value is -2.20. The summed E-state index contributed by atoms with van der Waals surface area (Å²) < 4.78 is 0. The molecule has 1 aliphatic rings. The van der Waals surface area contributed by atoms with Crippen LogP contribution in [0.1, 0.15) is 28.8 Å². The molecule has 2 aromatic rings. The maximum absolute atomic E-state index is 12.9. The molecule has 1 amide bonds. The van der Waals surface area contributed by atoms with Crippen molar-refractivity contribution in [1.82, 2.24) is 9.88 Å². The van der Waals surface area contributed by atoms with Crippen molar-refractivity contribution in [3.05, 3.63) is 66.0 Å². The Balaban J connectivity index is 1.86. The molecule has 1 aliphatic carbocycles. The molecule has 4 heteroatoms. The first kappa shape index (κ1) is 14.7. The van der Waals surface area contributed by atoms with Gasteiger partial charge in [-0.15, -0.1) is 0 Å². The molecule has 1 atom stereocenters. The molecule has 1 heterocycles. The molecule has 1 N–H and O–H groups in total. The van der Waals surface area contributed by atoms with Crippen LogP contribution in [0, 0.1) is 5.92 Å². The zero-order valence-corrected chi connectivity index (χ0v) is 12.4. The Labute approximate surface area is 130 Å². The van der Waals surface area contributed by atoms with Crippen molar-refractivity contribution in [3.8, 4) is 0 Å². The lowest BCUT2D eigenvalue weighted by molar-refractivity contribution is 0.0531. The Morgan fingerprint density at radius 1 is 1.23 bits per heavy atom. The molecule has 114 valence electrons. The molecule has 1 fully saturated rings. The topological polar surface area (TPSA) is 53.4 Å². The molecule has 0 bridgehead atoms. The van der Waals surface area contributed by atoms with Crippen LogP contribution in [0.5, 0.6) is 0 Å². The highest BCUT2D eigenvalue weighted by molar-refractivity contribution is 5.94. The third-order valence-corrected chi connectivity index (χ3v) is 4.12. The molecule has 22 heavy (non-hydrogen) atoms. The lowest BCUT2D eigenvalue weighted by Gasteiger charge is -2.31. The third kappa shape index (κ3) is 3.34. The van der Waals surface area contributed by atoms with E-state index in [-0.39, 0.29) is 18.6 Å². The number of hydrogen-bond acceptors (Lipinski definition) is 3. The van der Waals surface area contributed by atoms with E-state index in [0.717, 1.165) is 18.4 Å². The van der Waals surface area contributed by atoms with Gasteiger partial charge in [-0.3, -0.25) is 9.78 Å². The number of nitrogens with zero attached hydrogens (tertiary/aromatic N) is 2. The largest absolute Gasteiger partial charge is 0.394 e. The fraction of sp³-hybridized carbons (Fsp3) is 0.333. The first-order chi connectivity index (χ1) is 10.8. The van der Waals surface area contributed by atoms with Crippen LogP contribution in [0.3, 0.4) is 0 Å². The summed E-state index contributed by atoms with van der Waals surface area (Å²) in [6.45, 7) is 0.514. The van der Waals surface area contributed by atoms with E-state index in [4.69, 9.17) is 0 Å². The maximum atomic E-state index is 12.9. The third-order valence-electron chi connectivity index (χ3n) is 4.12. The van der Waals surface area contributed by atoms with E-state index in [0.29, 0.717) is 18.0 Å². The molecular weight excluding hydrogens is 276 g/mol. The normalized spacial score (nSPS) is 15.3. The van der Waals surface area contributed by atoms with Crippen molar-refractivity contribution in [2.45, 2.75) is 25.4 Å². The van der Waals surface area contributed by atoms with Crippen LogP contribution in [0.15, 0.2) is 54.9 Å². The van der Waals surface area contributed by atoms with E-state index in [9.17, 15) is 9.90 Å². The molecule has 0 radical (unpaired) electrons. The molecule has 4 nitrogen and oxygen atoms in total. The summed E-state index contributed by atoms with van der Waals surface area (Å²) in [6.07, 6.45) is 5.40. The first-order valence-electron chi connectivity index (χ1n) is 7.65. The lowest BCUT2D eigenvalue weighted by atomic mass is 10.1. The second-order valence-corrected chi connectivity index (χ2v) is 5.75. The molecule has 0 spiro atoms. The van der Waals surface area contributed by atoms with Crippen LogP contribution in [-0.4, -0.2) is 33.5 Å². The number of aliphatic hydroxyl groups excluding tert-OH is 1. The van der Waals surface area contributed by atoms with Gasteiger partial charge in [0.1, 0.15) is 0 Å². The smallest absolute Gasteiger partial charge is 0.256 e. The average Bonchev–Trinajstić information content (AvgIpc) is 3.41. The molecular formula is C18H20N2O2. The van der Waals surface area contributed by atoms with Crippen molar-refractivity contribution < 1.29 is 9.90 Å². The minimum absolute atomic E-state index is 0.00347. The molecule has 1 aromatic heterocycles.